The van der Waals surface area contributed by atoms with Crippen LogP contribution in [0.3, 0.4) is 0 Å². The number of carbonyl (C=O) groups is 1. The first-order valence-electron chi connectivity index (χ1n) is 5.63. The van der Waals surface area contributed by atoms with Crippen molar-refractivity contribution in [3.8, 4) is 11.5 Å². The van der Waals surface area contributed by atoms with Crippen LogP contribution in [0.15, 0.2) is 18.2 Å². The molecule has 0 heterocycles. The lowest BCUT2D eigenvalue weighted by Gasteiger charge is -2.17. The number of benzene rings is 1. The predicted octanol–water partition coefficient (Wildman–Crippen LogP) is 2.29. The van der Waals surface area contributed by atoms with Gasteiger partial charge in [-0.05, 0) is 25.1 Å². The van der Waals surface area contributed by atoms with Crippen molar-refractivity contribution in [3.05, 3.63) is 23.8 Å². The molecule has 0 spiro atoms. The molecule has 0 saturated heterocycles. The van der Waals surface area contributed by atoms with Gasteiger partial charge in [-0.2, -0.15) is 0 Å². The zero-order valence-electron chi connectivity index (χ0n) is 10.7. The summed E-state index contributed by atoms with van der Waals surface area (Å²) in [5.74, 6) is 1.51. The summed E-state index contributed by atoms with van der Waals surface area (Å²) >= 11 is 0. The molecule has 0 aliphatic carbocycles. The average molecular weight is 237 g/mol. The minimum absolute atomic E-state index is 0.0161. The van der Waals surface area contributed by atoms with Crippen LogP contribution in [0, 0.1) is 0 Å². The number of rotatable bonds is 5. The largest absolute Gasteiger partial charge is 0.497 e. The summed E-state index contributed by atoms with van der Waals surface area (Å²) in [5, 5.41) is 2.90. The van der Waals surface area contributed by atoms with Crippen LogP contribution in [0.25, 0.3) is 0 Å². The van der Waals surface area contributed by atoms with Crippen LogP contribution in [0.1, 0.15) is 31.9 Å². The van der Waals surface area contributed by atoms with Gasteiger partial charge in [-0.15, -0.1) is 0 Å². The minimum atomic E-state index is -0.104. The number of ether oxygens (including phenoxy) is 2. The molecule has 1 atom stereocenters. The van der Waals surface area contributed by atoms with Crippen LogP contribution >= 0.6 is 0 Å². The number of hydrogen-bond acceptors (Lipinski definition) is 3. The van der Waals surface area contributed by atoms with Crippen LogP contribution in [-0.4, -0.2) is 20.1 Å². The predicted molar refractivity (Wildman–Crippen MR) is 66.4 cm³/mol. The maximum Gasteiger partial charge on any atom is 0.220 e. The van der Waals surface area contributed by atoms with E-state index in [-0.39, 0.29) is 11.9 Å². The molecule has 0 aromatic heterocycles. The van der Waals surface area contributed by atoms with Crippen molar-refractivity contribution in [2.75, 3.05) is 14.2 Å². The van der Waals surface area contributed by atoms with Crippen molar-refractivity contribution in [1.29, 1.82) is 0 Å². The van der Waals surface area contributed by atoms with Gasteiger partial charge >= 0.3 is 0 Å². The lowest BCUT2D eigenvalue weighted by molar-refractivity contribution is -0.121. The third-order valence-electron chi connectivity index (χ3n) is 2.60. The van der Waals surface area contributed by atoms with Crippen LogP contribution in [-0.2, 0) is 4.79 Å². The van der Waals surface area contributed by atoms with Gasteiger partial charge in [0.25, 0.3) is 0 Å². The standard InChI is InChI=1S/C13H19NO3/c1-5-13(15)14-9(2)11-8-10(16-3)6-7-12(11)17-4/h6-9H,5H2,1-4H3,(H,14,15)/t9-/m1/s1. The maximum absolute atomic E-state index is 11.4. The van der Waals surface area contributed by atoms with Crippen molar-refractivity contribution >= 4 is 5.91 Å². The van der Waals surface area contributed by atoms with Crippen LogP contribution < -0.4 is 14.8 Å². The zero-order chi connectivity index (χ0) is 12.8. The van der Waals surface area contributed by atoms with Crippen LogP contribution in [0.2, 0.25) is 0 Å². The smallest absolute Gasteiger partial charge is 0.220 e. The van der Waals surface area contributed by atoms with Gasteiger partial charge < -0.3 is 14.8 Å². The van der Waals surface area contributed by atoms with Gasteiger partial charge in [0.1, 0.15) is 11.5 Å². The van der Waals surface area contributed by atoms with Crippen molar-refractivity contribution in [1.82, 2.24) is 5.32 Å². The minimum Gasteiger partial charge on any atom is -0.497 e. The van der Waals surface area contributed by atoms with E-state index in [0.717, 1.165) is 17.1 Å². The van der Waals surface area contributed by atoms with Crippen LogP contribution in [0.4, 0.5) is 0 Å². The van der Waals surface area contributed by atoms with E-state index in [1.807, 2.05) is 32.0 Å². The molecule has 1 amide bonds. The Morgan fingerprint density at radius 3 is 2.59 bits per heavy atom. The van der Waals surface area contributed by atoms with Gasteiger partial charge in [-0.25, -0.2) is 0 Å². The fourth-order valence-electron chi connectivity index (χ4n) is 1.60. The van der Waals surface area contributed by atoms with Gasteiger partial charge in [0, 0.05) is 12.0 Å². The van der Waals surface area contributed by atoms with Crippen molar-refractivity contribution in [2.24, 2.45) is 0 Å². The van der Waals surface area contributed by atoms with E-state index in [9.17, 15) is 4.79 Å². The molecule has 0 unspecified atom stereocenters. The molecule has 0 aliphatic rings. The summed E-state index contributed by atoms with van der Waals surface area (Å²) in [6.07, 6.45) is 0.469. The highest BCUT2D eigenvalue weighted by Crippen LogP contribution is 2.29. The Labute approximate surface area is 102 Å². The summed E-state index contributed by atoms with van der Waals surface area (Å²) in [6.45, 7) is 3.75. The van der Waals surface area contributed by atoms with E-state index in [1.54, 1.807) is 14.2 Å². The van der Waals surface area contributed by atoms with E-state index in [0.29, 0.717) is 6.42 Å². The third kappa shape index (κ3) is 3.37. The highest BCUT2D eigenvalue weighted by Gasteiger charge is 2.14. The summed E-state index contributed by atoms with van der Waals surface area (Å²) in [5.41, 5.74) is 0.911. The maximum atomic E-state index is 11.4. The molecule has 0 bridgehead atoms. The number of hydrogen-bond donors (Lipinski definition) is 1. The van der Waals surface area contributed by atoms with Crippen LogP contribution in [0.5, 0.6) is 11.5 Å². The van der Waals surface area contributed by atoms with Crippen molar-refractivity contribution in [2.45, 2.75) is 26.3 Å². The Hall–Kier alpha value is -1.71. The quantitative estimate of drug-likeness (QED) is 0.854. The highest BCUT2D eigenvalue weighted by molar-refractivity contribution is 5.76. The summed E-state index contributed by atoms with van der Waals surface area (Å²) in [7, 11) is 3.22. The van der Waals surface area contributed by atoms with E-state index in [4.69, 9.17) is 9.47 Å². The third-order valence-corrected chi connectivity index (χ3v) is 2.60. The highest BCUT2D eigenvalue weighted by atomic mass is 16.5. The Bertz CT molecular complexity index is 390. The molecular formula is C13H19NO3. The topological polar surface area (TPSA) is 47.6 Å². The van der Waals surface area contributed by atoms with Gasteiger partial charge in [0.2, 0.25) is 5.91 Å². The molecule has 1 rings (SSSR count). The Morgan fingerprint density at radius 1 is 1.35 bits per heavy atom. The molecular weight excluding hydrogens is 218 g/mol. The number of methoxy groups -OCH3 is 2. The summed E-state index contributed by atoms with van der Waals surface area (Å²) in [6, 6.07) is 5.44. The van der Waals surface area contributed by atoms with Gasteiger partial charge in [0.05, 0.1) is 20.3 Å². The van der Waals surface area contributed by atoms with E-state index < -0.39 is 0 Å². The normalized spacial score (nSPS) is 11.8. The average Bonchev–Trinajstić information content (AvgIpc) is 2.37. The first-order valence-corrected chi connectivity index (χ1v) is 5.63. The summed E-state index contributed by atoms with van der Waals surface area (Å²) < 4.78 is 10.4. The first-order chi connectivity index (χ1) is 8.12. The second-order valence-corrected chi connectivity index (χ2v) is 3.75. The van der Waals surface area contributed by atoms with E-state index in [2.05, 4.69) is 5.32 Å². The Kier molecular flexibility index (Phi) is 4.82. The molecule has 0 saturated carbocycles. The van der Waals surface area contributed by atoms with Gasteiger partial charge in [0.15, 0.2) is 0 Å². The molecule has 1 aromatic carbocycles. The van der Waals surface area contributed by atoms with Gasteiger partial charge in [-0.3, -0.25) is 4.79 Å². The number of amides is 1. The Balaban J connectivity index is 2.96. The molecule has 94 valence electrons. The molecule has 0 aliphatic heterocycles. The molecule has 0 fully saturated rings. The number of carbonyl (C=O) groups excluding carboxylic acids is 1. The molecule has 1 N–H and O–H groups in total. The zero-order valence-corrected chi connectivity index (χ0v) is 10.7. The molecule has 0 radical (unpaired) electrons. The number of nitrogens with one attached hydrogen (secondary N) is 1. The summed E-state index contributed by atoms with van der Waals surface area (Å²) in [4.78, 5) is 11.4. The second kappa shape index (κ2) is 6.13. The lowest BCUT2D eigenvalue weighted by Crippen LogP contribution is -2.25. The molecule has 1 aromatic rings. The molecule has 4 heteroatoms. The second-order valence-electron chi connectivity index (χ2n) is 3.75. The van der Waals surface area contributed by atoms with E-state index in [1.165, 1.54) is 0 Å². The lowest BCUT2D eigenvalue weighted by atomic mass is 10.1. The molecule has 17 heavy (non-hydrogen) atoms. The van der Waals surface area contributed by atoms with Crippen molar-refractivity contribution in [3.63, 3.8) is 0 Å². The first kappa shape index (κ1) is 13.4. The fraction of sp³-hybridized carbons (Fsp3) is 0.462. The SMILES string of the molecule is CCC(=O)N[C@H](C)c1cc(OC)ccc1OC. The van der Waals surface area contributed by atoms with E-state index >= 15 is 0 Å². The van der Waals surface area contributed by atoms with Gasteiger partial charge in [-0.1, -0.05) is 6.92 Å². The Morgan fingerprint density at radius 2 is 2.06 bits per heavy atom. The van der Waals surface area contributed by atoms with Crippen molar-refractivity contribution < 1.29 is 14.3 Å². The monoisotopic (exact) mass is 237 g/mol. The fourth-order valence-corrected chi connectivity index (χ4v) is 1.60. The molecule has 4 nitrogen and oxygen atoms in total.